The molecule has 0 unspecified atom stereocenters. The maximum atomic E-state index is 11.8. The van der Waals surface area contributed by atoms with Crippen LogP contribution in [-0.4, -0.2) is 45.8 Å². The molecule has 122 valence electrons. The van der Waals surface area contributed by atoms with Crippen molar-refractivity contribution in [2.45, 2.75) is 32.4 Å². The first-order valence-electron chi connectivity index (χ1n) is 7.41. The van der Waals surface area contributed by atoms with Crippen LogP contribution in [0.5, 0.6) is 0 Å². The first-order chi connectivity index (χ1) is 10.8. The number of nitrogens with zero attached hydrogens (tertiary/aromatic N) is 3. The van der Waals surface area contributed by atoms with Crippen LogP contribution in [0.15, 0.2) is 23.3 Å². The van der Waals surface area contributed by atoms with Crippen LogP contribution < -0.4 is 15.8 Å². The van der Waals surface area contributed by atoms with E-state index in [1.54, 1.807) is 6.07 Å². The summed E-state index contributed by atoms with van der Waals surface area (Å²) >= 11 is 0. The minimum atomic E-state index is -0.512. The number of amides is 1. The van der Waals surface area contributed by atoms with Gasteiger partial charge in [-0.1, -0.05) is 0 Å². The Kier molecular flexibility index (Phi) is 3.67. The van der Waals surface area contributed by atoms with Crippen LogP contribution in [0.1, 0.15) is 20.8 Å². The Morgan fingerprint density at radius 1 is 1.39 bits per heavy atom. The maximum Gasteiger partial charge on any atom is 0.407 e. The summed E-state index contributed by atoms with van der Waals surface area (Å²) in [5.74, 6) is 0.693. The Morgan fingerprint density at radius 2 is 2.13 bits per heavy atom. The van der Waals surface area contributed by atoms with E-state index in [-0.39, 0.29) is 11.6 Å². The number of hydrogen-bond donors (Lipinski definition) is 2. The lowest BCUT2D eigenvalue weighted by Gasteiger charge is -2.40. The predicted molar refractivity (Wildman–Crippen MR) is 85.5 cm³/mol. The number of aromatic nitrogens is 3. The van der Waals surface area contributed by atoms with Gasteiger partial charge < -0.3 is 19.9 Å². The number of nitrogens with one attached hydrogen (secondary N) is 2. The molecule has 1 saturated heterocycles. The van der Waals surface area contributed by atoms with Crippen LogP contribution in [0, 0.1) is 0 Å². The molecule has 0 spiro atoms. The summed E-state index contributed by atoms with van der Waals surface area (Å²) in [6.07, 6.45) is 0.936. The number of hydrogen-bond acceptors (Lipinski definition) is 6. The van der Waals surface area contributed by atoms with Crippen molar-refractivity contribution in [3.63, 3.8) is 0 Å². The minimum absolute atomic E-state index is 0.00882. The molecule has 1 aliphatic heterocycles. The summed E-state index contributed by atoms with van der Waals surface area (Å²) in [6, 6.07) is 3.59. The highest BCUT2D eigenvalue weighted by molar-refractivity contribution is 5.75. The molecule has 1 fully saturated rings. The minimum Gasteiger partial charge on any atom is -0.444 e. The number of alkyl carbamates (subject to hydrolysis) is 1. The summed E-state index contributed by atoms with van der Waals surface area (Å²) in [5, 5.41) is 2.81. The van der Waals surface area contributed by atoms with Gasteiger partial charge in [0.05, 0.1) is 17.9 Å². The smallest absolute Gasteiger partial charge is 0.407 e. The highest BCUT2D eigenvalue weighted by Crippen LogP contribution is 2.20. The van der Waals surface area contributed by atoms with Crippen LogP contribution in [0.2, 0.25) is 0 Å². The predicted octanol–water partition coefficient (Wildman–Crippen LogP) is 1.03. The molecule has 1 aliphatic rings. The molecule has 2 aromatic heterocycles. The lowest BCUT2D eigenvalue weighted by Crippen LogP contribution is -2.60. The molecule has 0 radical (unpaired) electrons. The molecule has 0 saturated carbocycles. The topological polar surface area (TPSA) is 100 Å². The van der Waals surface area contributed by atoms with Crippen molar-refractivity contribution < 1.29 is 9.53 Å². The van der Waals surface area contributed by atoms with Crippen molar-refractivity contribution in [3.05, 3.63) is 28.8 Å². The van der Waals surface area contributed by atoms with E-state index in [9.17, 15) is 9.59 Å². The Balaban J connectivity index is 1.62. The van der Waals surface area contributed by atoms with Gasteiger partial charge in [-0.25, -0.2) is 14.8 Å². The zero-order valence-electron chi connectivity index (χ0n) is 13.3. The van der Waals surface area contributed by atoms with Gasteiger partial charge in [-0.3, -0.25) is 4.79 Å². The second-order valence-corrected chi connectivity index (χ2v) is 6.52. The van der Waals surface area contributed by atoms with Gasteiger partial charge in [0.1, 0.15) is 11.4 Å². The van der Waals surface area contributed by atoms with Crippen molar-refractivity contribution in [1.29, 1.82) is 0 Å². The first kappa shape index (κ1) is 15.3. The molecule has 0 atom stereocenters. The number of fused-ring (bicyclic) bond motifs is 1. The van der Waals surface area contributed by atoms with Gasteiger partial charge in [-0.15, -0.1) is 0 Å². The van der Waals surface area contributed by atoms with E-state index in [2.05, 4.69) is 20.3 Å². The number of anilines is 1. The lowest BCUT2D eigenvalue weighted by atomic mass is 10.1. The fraction of sp³-hybridized carbons (Fsp3) is 0.467. The third-order valence-corrected chi connectivity index (χ3v) is 3.40. The number of aromatic amines is 1. The van der Waals surface area contributed by atoms with Gasteiger partial charge in [0.2, 0.25) is 0 Å². The molecule has 3 heterocycles. The highest BCUT2D eigenvalue weighted by atomic mass is 16.6. The molecule has 1 amide bonds. The van der Waals surface area contributed by atoms with Crippen LogP contribution in [0.25, 0.3) is 11.0 Å². The molecule has 0 aliphatic carbocycles. The van der Waals surface area contributed by atoms with Crippen LogP contribution in [-0.2, 0) is 4.74 Å². The zero-order valence-corrected chi connectivity index (χ0v) is 13.3. The molecular weight excluding hydrogens is 298 g/mol. The number of H-pyrrole nitrogens is 1. The van der Waals surface area contributed by atoms with Crippen molar-refractivity contribution in [2.75, 3.05) is 18.0 Å². The fourth-order valence-electron chi connectivity index (χ4n) is 2.35. The van der Waals surface area contributed by atoms with Crippen molar-refractivity contribution in [1.82, 2.24) is 20.3 Å². The molecule has 23 heavy (non-hydrogen) atoms. The molecule has 0 aromatic carbocycles. The Morgan fingerprint density at radius 3 is 2.83 bits per heavy atom. The quantitative estimate of drug-likeness (QED) is 0.858. The third kappa shape index (κ3) is 3.41. The Labute approximate surface area is 132 Å². The molecule has 2 N–H and O–H groups in total. The van der Waals surface area contributed by atoms with E-state index in [0.29, 0.717) is 29.9 Å². The number of pyridine rings is 1. The molecule has 8 nitrogen and oxygen atoms in total. The van der Waals surface area contributed by atoms with E-state index in [4.69, 9.17) is 4.74 Å². The van der Waals surface area contributed by atoms with E-state index >= 15 is 0 Å². The van der Waals surface area contributed by atoms with Crippen LogP contribution in [0.4, 0.5) is 10.6 Å². The molecular formula is C15H19N5O3. The molecule has 0 bridgehead atoms. The second kappa shape index (κ2) is 5.53. The highest BCUT2D eigenvalue weighted by Gasteiger charge is 2.30. The maximum absolute atomic E-state index is 11.8. The summed E-state index contributed by atoms with van der Waals surface area (Å²) in [7, 11) is 0. The molecule has 3 rings (SSSR count). The van der Waals surface area contributed by atoms with Crippen LogP contribution >= 0.6 is 0 Å². The second-order valence-electron chi connectivity index (χ2n) is 6.52. The van der Waals surface area contributed by atoms with Crippen molar-refractivity contribution in [3.8, 4) is 0 Å². The average Bonchev–Trinajstić information content (AvgIpc) is 2.41. The fourth-order valence-corrected chi connectivity index (χ4v) is 2.35. The Bertz CT molecular complexity index is 790. The number of carbonyl (C=O) groups excluding carboxylic acids is 1. The van der Waals surface area contributed by atoms with E-state index < -0.39 is 11.7 Å². The molecule has 2 aromatic rings. The van der Waals surface area contributed by atoms with Gasteiger partial charge in [-0.05, 0) is 32.9 Å². The SMILES string of the molecule is CC(C)(C)OC(=O)NC1CN(c2ccc3nc[nH]c(=O)c3n2)C1. The summed E-state index contributed by atoms with van der Waals surface area (Å²) in [5.41, 5.74) is 0.0948. The van der Waals surface area contributed by atoms with E-state index in [1.165, 1.54) is 6.33 Å². The monoisotopic (exact) mass is 317 g/mol. The van der Waals surface area contributed by atoms with Gasteiger partial charge in [0, 0.05) is 13.1 Å². The number of rotatable bonds is 2. The van der Waals surface area contributed by atoms with Gasteiger partial charge >= 0.3 is 6.09 Å². The van der Waals surface area contributed by atoms with Gasteiger partial charge in [-0.2, -0.15) is 0 Å². The summed E-state index contributed by atoms with van der Waals surface area (Å²) < 4.78 is 5.22. The van der Waals surface area contributed by atoms with E-state index in [1.807, 2.05) is 31.7 Å². The normalized spacial score (nSPS) is 15.3. The summed E-state index contributed by atoms with van der Waals surface area (Å²) in [6.45, 7) is 6.71. The molecule has 8 heteroatoms. The van der Waals surface area contributed by atoms with Crippen LogP contribution in [0.3, 0.4) is 0 Å². The third-order valence-electron chi connectivity index (χ3n) is 3.40. The van der Waals surface area contributed by atoms with Crippen molar-refractivity contribution in [2.24, 2.45) is 0 Å². The lowest BCUT2D eigenvalue weighted by molar-refractivity contribution is 0.0496. The Hall–Kier alpha value is -2.64. The van der Waals surface area contributed by atoms with Gasteiger partial charge in [0.25, 0.3) is 5.56 Å². The number of carbonyl (C=O) groups is 1. The number of ether oxygens (including phenoxy) is 1. The standard InChI is InChI=1S/C15H19N5O3/c1-15(2,3)23-14(22)18-9-6-20(7-9)11-5-4-10-12(19-11)13(21)17-8-16-10/h4-5,8-9H,6-7H2,1-3H3,(H,18,22)(H,16,17,21). The van der Waals surface area contributed by atoms with Gasteiger partial charge in [0.15, 0.2) is 5.52 Å². The average molecular weight is 317 g/mol. The zero-order chi connectivity index (χ0) is 16.6. The summed E-state index contributed by atoms with van der Waals surface area (Å²) in [4.78, 5) is 36.4. The van der Waals surface area contributed by atoms with Crippen molar-refractivity contribution >= 4 is 22.9 Å². The first-order valence-corrected chi connectivity index (χ1v) is 7.41. The van der Waals surface area contributed by atoms with E-state index in [0.717, 1.165) is 0 Å². The largest absolute Gasteiger partial charge is 0.444 e.